The lowest BCUT2D eigenvalue weighted by Crippen LogP contribution is -2.43. The standard InChI is InChI=1S/C19H27N5O2S2/c1-15-7-16(2)9-17(8-15)10-23-11-18(20-21-23)12-24-13-19(14-28(24,25)26)22-3-5-27-6-4-22/h7-9,11,19H,3-6,10,12-14H2,1-2H3. The Bertz CT molecular complexity index is 917. The molecule has 1 unspecified atom stereocenters. The topological polar surface area (TPSA) is 71.3 Å². The number of thioether (sulfide) groups is 1. The van der Waals surface area contributed by atoms with Crippen molar-refractivity contribution in [3.05, 3.63) is 46.8 Å². The monoisotopic (exact) mass is 421 g/mol. The highest BCUT2D eigenvalue weighted by molar-refractivity contribution is 7.99. The van der Waals surface area contributed by atoms with Crippen molar-refractivity contribution < 1.29 is 8.42 Å². The lowest BCUT2D eigenvalue weighted by atomic mass is 10.1. The van der Waals surface area contributed by atoms with Crippen molar-refractivity contribution in [2.45, 2.75) is 33.0 Å². The van der Waals surface area contributed by atoms with Crippen molar-refractivity contribution in [1.82, 2.24) is 24.2 Å². The maximum Gasteiger partial charge on any atom is 0.216 e. The maximum absolute atomic E-state index is 12.6. The molecule has 1 aromatic carbocycles. The summed E-state index contributed by atoms with van der Waals surface area (Å²) in [6.45, 7) is 7.61. The van der Waals surface area contributed by atoms with Gasteiger partial charge < -0.3 is 0 Å². The zero-order valence-electron chi connectivity index (χ0n) is 16.4. The Kier molecular flexibility index (Phi) is 5.78. The summed E-state index contributed by atoms with van der Waals surface area (Å²) in [7, 11) is -3.24. The first kappa shape index (κ1) is 19.9. The highest BCUT2D eigenvalue weighted by Crippen LogP contribution is 2.23. The Labute approximate surface area is 171 Å². The second-order valence-corrected chi connectivity index (χ2v) is 11.0. The van der Waals surface area contributed by atoms with Crippen molar-refractivity contribution in [2.24, 2.45) is 0 Å². The van der Waals surface area contributed by atoms with Crippen LogP contribution in [0.25, 0.3) is 0 Å². The molecule has 7 nitrogen and oxygen atoms in total. The third kappa shape index (κ3) is 4.59. The van der Waals surface area contributed by atoms with Gasteiger partial charge >= 0.3 is 0 Å². The van der Waals surface area contributed by atoms with Crippen LogP contribution in [-0.4, -0.2) is 75.6 Å². The molecule has 4 rings (SSSR count). The molecule has 2 fully saturated rings. The number of hydrogen-bond acceptors (Lipinski definition) is 6. The highest BCUT2D eigenvalue weighted by Gasteiger charge is 2.39. The molecule has 1 aromatic heterocycles. The molecule has 2 aliphatic rings. The van der Waals surface area contributed by atoms with Gasteiger partial charge in [0.25, 0.3) is 0 Å². The van der Waals surface area contributed by atoms with Gasteiger partial charge in [-0.1, -0.05) is 34.5 Å². The zero-order valence-corrected chi connectivity index (χ0v) is 18.0. The number of rotatable bonds is 5. The van der Waals surface area contributed by atoms with Crippen LogP contribution in [0.5, 0.6) is 0 Å². The van der Waals surface area contributed by atoms with Gasteiger partial charge in [-0.25, -0.2) is 13.1 Å². The van der Waals surface area contributed by atoms with E-state index < -0.39 is 10.0 Å². The molecule has 3 heterocycles. The molecule has 0 amide bonds. The number of nitrogens with zero attached hydrogens (tertiary/aromatic N) is 5. The first-order valence-corrected chi connectivity index (χ1v) is 12.4. The predicted octanol–water partition coefficient (Wildman–Crippen LogP) is 1.51. The number of hydrogen-bond donors (Lipinski definition) is 0. The van der Waals surface area contributed by atoms with Crippen LogP contribution in [0.2, 0.25) is 0 Å². The molecule has 152 valence electrons. The summed E-state index contributed by atoms with van der Waals surface area (Å²) >= 11 is 1.94. The van der Waals surface area contributed by atoms with E-state index in [9.17, 15) is 8.42 Å². The first-order chi connectivity index (χ1) is 13.4. The third-order valence-electron chi connectivity index (χ3n) is 5.32. The van der Waals surface area contributed by atoms with E-state index in [1.165, 1.54) is 16.7 Å². The Morgan fingerprint density at radius 2 is 1.82 bits per heavy atom. The minimum atomic E-state index is -3.24. The van der Waals surface area contributed by atoms with Gasteiger partial charge in [-0.2, -0.15) is 16.1 Å². The zero-order chi connectivity index (χ0) is 19.7. The van der Waals surface area contributed by atoms with Crippen molar-refractivity contribution in [2.75, 3.05) is 36.9 Å². The summed E-state index contributed by atoms with van der Waals surface area (Å²) in [6.07, 6.45) is 1.86. The van der Waals surface area contributed by atoms with E-state index >= 15 is 0 Å². The second kappa shape index (κ2) is 8.14. The molecule has 0 spiro atoms. The molecule has 9 heteroatoms. The fourth-order valence-electron chi connectivity index (χ4n) is 4.09. The molecule has 1 atom stereocenters. The van der Waals surface area contributed by atoms with Gasteiger partial charge in [0.2, 0.25) is 10.0 Å². The van der Waals surface area contributed by atoms with Crippen LogP contribution < -0.4 is 0 Å². The molecule has 0 radical (unpaired) electrons. The largest absolute Gasteiger partial charge is 0.296 e. The first-order valence-electron chi connectivity index (χ1n) is 9.65. The summed E-state index contributed by atoms with van der Waals surface area (Å²) in [5.41, 5.74) is 4.31. The molecule has 0 aliphatic carbocycles. The molecular formula is C19H27N5O2S2. The van der Waals surface area contributed by atoms with E-state index in [-0.39, 0.29) is 11.8 Å². The van der Waals surface area contributed by atoms with Crippen LogP contribution in [0.15, 0.2) is 24.4 Å². The number of aromatic nitrogens is 3. The van der Waals surface area contributed by atoms with Gasteiger partial charge in [0.15, 0.2) is 0 Å². The summed E-state index contributed by atoms with van der Waals surface area (Å²) < 4.78 is 28.6. The minimum Gasteiger partial charge on any atom is -0.296 e. The second-order valence-electron chi connectivity index (χ2n) is 7.78. The van der Waals surface area contributed by atoms with E-state index in [1.807, 2.05) is 18.0 Å². The smallest absolute Gasteiger partial charge is 0.216 e. The van der Waals surface area contributed by atoms with Crippen LogP contribution in [0.4, 0.5) is 0 Å². The lowest BCUT2D eigenvalue weighted by Gasteiger charge is -2.30. The SMILES string of the molecule is Cc1cc(C)cc(Cn2cc(CN3CC(N4CCSCC4)CS3(=O)=O)nn2)c1. The molecule has 2 aliphatic heterocycles. The fraction of sp³-hybridized carbons (Fsp3) is 0.579. The van der Waals surface area contributed by atoms with Crippen molar-refractivity contribution in [3.63, 3.8) is 0 Å². The van der Waals surface area contributed by atoms with Crippen LogP contribution in [0.1, 0.15) is 22.4 Å². The number of aryl methyl sites for hydroxylation is 2. The van der Waals surface area contributed by atoms with Crippen LogP contribution in [-0.2, 0) is 23.1 Å². The number of sulfonamides is 1. The molecule has 0 saturated carbocycles. The molecule has 0 N–H and O–H groups in total. The third-order valence-corrected chi connectivity index (χ3v) is 8.14. The number of benzene rings is 1. The van der Waals surface area contributed by atoms with Crippen molar-refractivity contribution in [1.29, 1.82) is 0 Å². The van der Waals surface area contributed by atoms with Crippen molar-refractivity contribution >= 4 is 21.8 Å². The van der Waals surface area contributed by atoms with Crippen LogP contribution in [0, 0.1) is 13.8 Å². The Morgan fingerprint density at radius 3 is 2.54 bits per heavy atom. The quantitative estimate of drug-likeness (QED) is 0.729. The Hall–Kier alpha value is -1.42. The molecule has 0 bridgehead atoms. The summed E-state index contributed by atoms with van der Waals surface area (Å²) in [4.78, 5) is 2.32. The van der Waals surface area contributed by atoms with Crippen LogP contribution in [0.3, 0.4) is 0 Å². The van der Waals surface area contributed by atoms with Gasteiger partial charge in [-0.3, -0.25) is 4.90 Å². The fourth-order valence-corrected chi connectivity index (χ4v) is 6.77. The minimum absolute atomic E-state index is 0.0937. The Balaban J connectivity index is 1.41. The molecule has 28 heavy (non-hydrogen) atoms. The van der Waals surface area contributed by atoms with E-state index in [0.717, 1.165) is 24.6 Å². The van der Waals surface area contributed by atoms with Gasteiger partial charge in [-0.15, -0.1) is 5.10 Å². The van der Waals surface area contributed by atoms with Gasteiger partial charge in [0, 0.05) is 37.2 Å². The predicted molar refractivity (Wildman–Crippen MR) is 112 cm³/mol. The lowest BCUT2D eigenvalue weighted by molar-refractivity contribution is 0.217. The average Bonchev–Trinajstić information content (AvgIpc) is 3.19. The Morgan fingerprint density at radius 1 is 1.11 bits per heavy atom. The van der Waals surface area contributed by atoms with Crippen LogP contribution >= 0.6 is 11.8 Å². The molecule has 2 aromatic rings. The molecule has 2 saturated heterocycles. The van der Waals surface area contributed by atoms with Gasteiger partial charge in [-0.05, 0) is 19.4 Å². The summed E-state index contributed by atoms with van der Waals surface area (Å²) in [5.74, 6) is 2.39. The summed E-state index contributed by atoms with van der Waals surface area (Å²) in [6, 6.07) is 6.52. The van der Waals surface area contributed by atoms with E-state index in [2.05, 4.69) is 47.3 Å². The summed E-state index contributed by atoms with van der Waals surface area (Å²) in [5, 5.41) is 8.42. The maximum atomic E-state index is 12.6. The van der Waals surface area contributed by atoms with Gasteiger partial charge in [0.05, 0.1) is 30.7 Å². The van der Waals surface area contributed by atoms with Crippen molar-refractivity contribution in [3.8, 4) is 0 Å². The van der Waals surface area contributed by atoms with E-state index in [0.29, 0.717) is 25.3 Å². The highest BCUT2D eigenvalue weighted by atomic mass is 32.2. The average molecular weight is 422 g/mol. The van der Waals surface area contributed by atoms with Gasteiger partial charge in [0.1, 0.15) is 0 Å². The molecular weight excluding hydrogens is 394 g/mol. The van der Waals surface area contributed by atoms with E-state index in [4.69, 9.17) is 0 Å². The van der Waals surface area contributed by atoms with E-state index in [1.54, 1.807) is 8.99 Å². The normalized spacial score (nSPS) is 23.3.